The Labute approximate surface area is 133 Å². The Bertz CT molecular complexity index is 778. The summed E-state index contributed by atoms with van der Waals surface area (Å²) >= 11 is 6.21. The summed E-state index contributed by atoms with van der Waals surface area (Å²) in [5, 5.41) is 3.64. The molecule has 3 rings (SSSR count). The van der Waals surface area contributed by atoms with Crippen LogP contribution in [0.3, 0.4) is 0 Å². The van der Waals surface area contributed by atoms with Gasteiger partial charge in [-0.1, -0.05) is 48.0 Å². The number of rotatable bonds is 4. The lowest BCUT2D eigenvalue weighted by atomic mass is 10.1. The molecule has 0 atom stereocenters. The Morgan fingerprint density at radius 2 is 2.00 bits per heavy atom. The lowest BCUT2D eigenvalue weighted by Gasteiger charge is -2.11. The van der Waals surface area contributed by atoms with Crippen LogP contribution in [0.1, 0.15) is 0 Å². The minimum absolute atomic E-state index is 0.452. The van der Waals surface area contributed by atoms with E-state index >= 15 is 0 Å². The molecule has 109 valence electrons. The number of anilines is 2. The van der Waals surface area contributed by atoms with Crippen molar-refractivity contribution in [1.29, 1.82) is 0 Å². The number of methoxy groups -OCH3 is 1. The fourth-order valence-electron chi connectivity index (χ4n) is 2.03. The summed E-state index contributed by atoms with van der Waals surface area (Å²) in [6.45, 7) is 0. The van der Waals surface area contributed by atoms with Gasteiger partial charge < -0.3 is 10.1 Å². The Balaban J connectivity index is 1.96. The fourth-order valence-corrected chi connectivity index (χ4v) is 2.23. The van der Waals surface area contributed by atoms with E-state index in [0.29, 0.717) is 22.4 Å². The Hall–Kier alpha value is -2.59. The third-order valence-electron chi connectivity index (χ3n) is 3.08. The van der Waals surface area contributed by atoms with Crippen LogP contribution in [0.25, 0.3) is 11.3 Å². The quantitative estimate of drug-likeness (QED) is 0.778. The molecule has 0 aliphatic rings. The highest BCUT2D eigenvalue weighted by molar-refractivity contribution is 6.32. The molecular formula is C17H13ClN3O. The number of benzene rings is 2. The van der Waals surface area contributed by atoms with Crippen LogP contribution in [0.5, 0.6) is 5.75 Å². The van der Waals surface area contributed by atoms with E-state index in [-0.39, 0.29) is 0 Å². The van der Waals surface area contributed by atoms with Crippen molar-refractivity contribution >= 4 is 23.2 Å². The molecule has 1 heterocycles. The van der Waals surface area contributed by atoms with Gasteiger partial charge in [0.2, 0.25) is 5.95 Å². The predicted molar refractivity (Wildman–Crippen MR) is 87.6 cm³/mol. The highest BCUT2D eigenvalue weighted by Gasteiger charge is 2.09. The molecule has 0 saturated carbocycles. The van der Waals surface area contributed by atoms with Gasteiger partial charge in [-0.3, -0.25) is 0 Å². The maximum Gasteiger partial charge on any atom is 0.227 e. The summed E-state index contributed by atoms with van der Waals surface area (Å²) < 4.78 is 5.28. The molecule has 22 heavy (non-hydrogen) atoms. The third kappa shape index (κ3) is 3.02. The van der Waals surface area contributed by atoms with Crippen molar-refractivity contribution in [2.75, 3.05) is 12.4 Å². The summed E-state index contributed by atoms with van der Waals surface area (Å²) in [5.74, 6) is 1.12. The molecule has 0 amide bonds. The summed E-state index contributed by atoms with van der Waals surface area (Å²) in [5.41, 5.74) is 2.38. The highest BCUT2D eigenvalue weighted by atomic mass is 35.5. The number of aromatic nitrogens is 2. The Morgan fingerprint density at radius 3 is 2.77 bits per heavy atom. The Morgan fingerprint density at radius 1 is 1.18 bits per heavy atom. The van der Waals surface area contributed by atoms with Gasteiger partial charge in [-0.25, -0.2) is 9.97 Å². The van der Waals surface area contributed by atoms with E-state index in [1.165, 1.54) is 0 Å². The van der Waals surface area contributed by atoms with Crippen molar-refractivity contribution in [3.63, 3.8) is 0 Å². The molecule has 1 aromatic heterocycles. The van der Waals surface area contributed by atoms with Gasteiger partial charge in [0.25, 0.3) is 0 Å². The van der Waals surface area contributed by atoms with E-state index in [9.17, 15) is 0 Å². The van der Waals surface area contributed by atoms with Gasteiger partial charge in [0.05, 0.1) is 29.7 Å². The van der Waals surface area contributed by atoms with E-state index < -0.39 is 0 Å². The molecule has 0 aliphatic carbocycles. The van der Waals surface area contributed by atoms with Gasteiger partial charge in [-0.05, 0) is 18.2 Å². The van der Waals surface area contributed by atoms with Crippen LogP contribution < -0.4 is 10.1 Å². The lowest BCUT2D eigenvalue weighted by molar-refractivity contribution is 0.416. The first-order valence-corrected chi connectivity index (χ1v) is 7.05. The van der Waals surface area contributed by atoms with Gasteiger partial charge in [-0.2, -0.15) is 0 Å². The van der Waals surface area contributed by atoms with Crippen LogP contribution in [-0.2, 0) is 0 Å². The molecule has 0 fully saturated rings. The molecule has 1 radical (unpaired) electrons. The molecule has 0 bridgehead atoms. The zero-order valence-electron chi connectivity index (χ0n) is 11.9. The van der Waals surface area contributed by atoms with Crippen molar-refractivity contribution in [1.82, 2.24) is 9.97 Å². The highest BCUT2D eigenvalue weighted by Crippen LogP contribution is 2.29. The summed E-state index contributed by atoms with van der Waals surface area (Å²) in [6.07, 6.45) is 1.58. The molecular weight excluding hydrogens is 298 g/mol. The van der Waals surface area contributed by atoms with Crippen LogP contribution in [0, 0.1) is 6.07 Å². The van der Waals surface area contributed by atoms with E-state index in [0.717, 1.165) is 11.3 Å². The smallest absolute Gasteiger partial charge is 0.227 e. The van der Waals surface area contributed by atoms with Crippen LogP contribution in [0.15, 0.2) is 54.7 Å². The summed E-state index contributed by atoms with van der Waals surface area (Å²) in [7, 11) is 1.60. The largest absolute Gasteiger partial charge is 0.495 e. The van der Waals surface area contributed by atoms with E-state index in [1.807, 2.05) is 36.4 Å². The molecule has 0 aliphatic heterocycles. The number of nitrogens with one attached hydrogen (secondary N) is 1. The van der Waals surface area contributed by atoms with Gasteiger partial charge in [0.15, 0.2) is 0 Å². The standard InChI is InChI=1S/C17H13ClN3O/c1-22-15-10-6-5-9-14(15)20-17-19-11-13(18)16(21-17)12-7-3-2-4-8-12/h2-5,7-11H,1H3,(H,19,20,21). The SMILES string of the molecule is COc1c[c]ccc1Nc1ncc(Cl)c(-c2ccccc2)n1. The molecule has 1 N–H and O–H groups in total. The lowest BCUT2D eigenvalue weighted by Crippen LogP contribution is -2.00. The number of ether oxygens (including phenoxy) is 1. The second-order valence-electron chi connectivity index (χ2n) is 4.51. The second-order valence-corrected chi connectivity index (χ2v) is 4.91. The van der Waals surface area contributed by atoms with E-state index in [4.69, 9.17) is 16.3 Å². The van der Waals surface area contributed by atoms with Crippen LogP contribution in [-0.4, -0.2) is 17.1 Å². The zero-order valence-corrected chi connectivity index (χ0v) is 12.6. The zero-order chi connectivity index (χ0) is 15.4. The van der Waals surface area contributed by atoms with E-state index in [1.54, 1.807) is 25.4 Å². The maximum absolute atomic E-state index is 6.21. The fraction of sp³-hybridized carbons (Fsp3) is 0.0588. The summed E-state index contributed by atoms with van der Waals surface area (Å²) in [4.78, 5) is 8.71. The minimum Gasteiger partial charge on any atom is -0.495 e. The van der Waals surface area contributed by atoms with Gasteiger partial charge in [0, 0.05) is 5.56 Å². The molecule has 0 unspecified atom stereocenters. The first-order chi connectivity index (χ1) is 10.8. The average Bonchev–Trinajstić information content (AvgIpc) is 2.58. The summed E-state index contributed by atoms with van der Waals surface area (Å²) in [6, 6.07) is 18.1. The van der Waals surface area contributed by atoms with Crippen LogP contribution in [0.2, 0.25) is 5.02 Å². The number of hydrogen-bond acceptors (Lipinski definition) is 4. The monoisotopic (exact) mass is 310 g/mol. The second kappa shape index (κ2) is 6.45. The predicted octanol–water partition coefficient (Wildman–Crippen LogP) is 4.35. The van der Waals surface area contributed by atoms with Crippen molar-refractivity contribution < 1.29 is 4.74 Å². The van der Waals surface area contributed by atoms with Crippen molar-refractivity contribution in [2.24, 2.45) is 0 Å². The van der Waals surface area contributed by atoms with Crippen molar-refractivity contribution in [2.45, 2.75) is 0 Å². The van der Waals surface area contributed by atoms with E-state index in [2.05, 4.69) is 21.4 Å². The number of hydrogen-bond donors (Lipinski definition) is 1. The van der Waals surface area contributed by atoms with Crippen molar-refractivity contribution in [3.8, 4) is 17.0 Å². The molecule has 3 aromatic rings. The third-order valence-corrected chi connectivity index (χ3v) is 3.36. The Kier molecular flexibility index (Phi) is 4.21. The molecule has 2 aromatic carbocycles. The number of halogens is 1. The maximum atomic E-state index is 6.21. The van der Waals surface area contributed by atoms with Gasteiger partial charge in [-0.15, -0.1) is 0 Å². The van der Waals surface area contributed by atoms with Crippen molar-refractivity contribution in [3.05, 3.63) is 65.8 Å². The van der Waals surface area contributed by atoms with Crippen LogP contribution >= 0.6 is 11.6 Å². The topological polar surface area (TPSA) is 47.0 Å². The van der Waals surface area contributed by atoms with Crippen LogP contribution in [0.4, 0.5) is 11.6 Å². The number of nitrogens with zero attached hydrogens (tertiary/aromatic N) is 2. The molecule has 4 nitrogen and oxygen atoms in total. The first kappa shape index (κ1) is 14.4. The van der Waals surface area contributed by atoms with Gasteiger partial charge >= 0.3 is 0 Å². The minimum atomic E-state index is 0.452. The van der Waals surface area contributed by atoms with Gasteiger partial charge in [0.1, 0.15) is 5.75 Å². The molecule has 0 spiro atoms. The molecule has 5 heteroatoms. The first-order valence-electron chi connectivity index (χ1n) is 6.67. The average molecular weight is 311 g/mol. The molecule has 0 saturated heterocycles. The normalized spacial score (nSPS) is 10.3.